The van der Waals surface area contributed by atoms with E-state index in [9.17, 15) is 0 Å². The van der Waals surface area contributed by atoms with Gasteiger partial charge in [0.2, 0.25) is 0 Å². The Bertz CT molecular complexity index is 838. The number of benzene rings is 2. The Hall–Kier alpha value is -1.80. The summed E-state index contributed by atoms with van der Waals surface area (Å²) >= 11 is 0. The third kappa shape index (κ3) is 3.20. The third-order valence-electron chi connectivity index (χ3n) is 5.49. The maximum Gasteiger partial charge on any atom is 0.122 e. The summed E-state index contributed by atoms with van der Waals surface area (Å²) in [5, 5.41) is 3.02. The van der Waals surface area contributed by atoms with Gasteiger partial charge in [-0.25, -0.2) is 0 Å². The Balaban J connectivity index is 2.14. The molecule has 2 aromatic carbocycles. The lowest BCUT2D eigenvalue weighted by Gasteiger charge is -2.31. The molecule has 0 atom stereocenters. The van der Waals surface area contributed by atoms with Gasteiger partial charge >= 0.3 is 0 Å². The van der Waals surface area contributed by atoms with Crippen molar-refractivity contribution in [3.05, 3.63) is 63.8 Å². The number of methoxy groups -OCH3 is 1. The Morgan fingerprint density at radius 1 is 1.04 bits per heavy atom. The molecule has 0 heterocycles. The molecule has 0 unspecified atom stereocenters. The summed E-state index contributed by atoms with van der Waals surface area (Å²) in [6.45, 7) is 14.0. The smallest absolute Gasteiger partial charge is 0.122 e. The normalized spacial score (nSPS) is 14.3. The first-order valence-corrected chi connectivity index (χ1v) is 12.1. The monoisotopic (exact) mass is 350 g/mol. The number of fused-ring (bicyclic) bond motifs is 1. The van der Waals surface area contributed by atoms with Crippen LogP contribution in [0.4, 0.5) is 0 Å². The summed E-state index contributed by atoms with van der Waals surface area (Å²) in [6.07, 6.45) is 3.51. The molecule has 0 saturated carbocycles. The van der Waals surface area contributed by atoms with Crippen molar-refractivity contribution in [2.24, 2.45) is 0 Å². The standard InChI is InChI=1S/C23H30OSi/c1-16-12-20(23(2,3)4)22(24-5)21(13-16)25(6,7)19-14-17-10-8-9-11-18(17)15-19/h8-14H,15H2,1-7H3. The average Bonchev–Trinajstić information content (AvgIpc) is 2.98. The van der Waals surface area contributed by atoms with Crippen molar-refractivity contribution in [3.8, 4) is 5.75 Å². The van der Waals surface area contributed by atoms with Crippen molar-refractivity contribution >= 4 is 19.3 Å². The molecule has 0 aliphatic heterocycles. The Morgan fingerprint density at radius 3 is 2.32 bits per heavy atom. The highest BCUT2D eigenvalue weighted by Crippen LogP contribution is 2.36. The molecule has 132 valence electrons. The lowest BCUT2D eigenvalue weighted by Crippen LogP contribution is -2.45. The van der Waals surface area contributed by atoms with Crippen LogP contribution >= 0.6 is 0 Å². The zero-order valence-corrected chi connectivity index (χ0v) is 17.7. The molecular weight excluding hydrogens is 320 g/mol. The second-order valence-electron chi connectivity index (χ2n) is 8.81. The highest BCUT2D eigenvalue weighted by atomic mass is 28.3. The minimum atomic E-state index is -1.82. The Labute approximate surface area is 153 Å². The van der Waals surface area contributed by atoms with Crippen molar-refractivity contribution < 1.29 is 4.74 Å². The predicted molar refractivity (Wildman–Crippen MR) is 112 cm³/mol. The summed E-state index contributed by atoms with van der Waals surface area (Å²) in [7, 11) is 0.00990. The van der Waals surface area contributed by atoms with E-state index in [-0.39, 0.29) is 5.41 Å². The van der Waals surface area contributed by atoms with Gasteiger partial charge in [-0.2, -0.15) is 0 Å². The summed E-state index contributed by atoms with van der Waals surface area (Å²) in [4.78, 5) is 0. The second kappa shape index (κ2) is 6.17. The molecule has 0 fully saturated rings. The fraction of sp³-hybridized carbons (Fsp3) is 0.391. The van der Waals surface area contributed by atoms with E-state index in [0.29, 0.717) is 0 Å². The molecule has 0 amide bonds. The van der Waals surface area contributed by atoms with Crippen LogP contribution in [-0.2, 0) is 11.8 Å². The fourth-order valence-electron chi connectivity index (χ4n) is 3.87. The van der Waals surface area contributed by atoms with Gasteiger partial charge in [0.05, 0.1) is 7.11 Å². The number of hydrogen-bond acceptors (Lipinski definition) is 1. The van der Waals surface area contributed by atoms with Crippen LogP contribution in [0.15, 0.2) is 41.6 Å². The minimum absolute atomic E-state index is 0.0730. The average molecular weight is 351 g/mol. The van der Waals surface area contributed by atoms with Gasteiger partial charge < -0.3 is 4.74 Å². The summed E-state index contributed by atoms with van der Waals surface area (Å²) in [5.74, 6) is 1.10. The third-order valence-corrected chi connectivity index (χ3v) is 9.13. The van der Waals surface area contributed by atoms with Crippen LogP contribution < -0.4 is 9.92 Å². The zero-order chi connectivity index (χ0) is 18.4. The van der Waals surface area contributed by atoms with Gasteiger partial charge in [0.25, 0.3) is 0 Å². The first-order valence-electron chi connectivity index (χ1n) is 9.13. The molecule has 25 heavy (non-hydrogen) atoms. The van der Waals surface area contributed by atoms with Gasteiger partial charge in [-0.3, -0.25) is 0 Å². The highest BCUT2D eigenvalue weighted by molar-refractivity contribution is 6.96. The predicted octanol–water partition coefficient (Wildman–Crippen LogP) is 5.40. The van der Waals surface area contributed by atoms with Gasteiger partial charge in [-0.1, -0.05) is 87.1 Å². The minimum Gasteiger partial charge on any atom is -0.497 e. The largest absolute Gasteiger partial charge is 0.497 e. The second-order valence-corrected chi connectivity index (χ2v) is 13.2. The van der Waals surface area contributed by atoms with Crippen molar-refractivity contribution in [2.75, 3.05) is 7.11 Å². The summed E-state index contributed by atoms with van der Waals surface area (Å²) < 4.78 is 5.99. The lowest BCUT2D eigenvalue weighted by molar-refractivity contribution is 0.400. The van der Waals surface area contributed by atoms with Gasteiger partial charge in [0.1, 0.15) is 13.8 Å². The number of aryl methyl sites for hydroxylation is 1. The molecule has 3 rings (SSSR count). The van der Waals surface area contributed by atoms with E-state index >= 15 is 0 Å². The topological polar surface area (TPSA) is 9.23 Å². The van der Waals surface area contributed by atoms with E-state index in [4.69, 9.17) is 4.74 Å². The lowest BCUT2D eigenvalue weighted by atomic mass is 9.85. The number of hydrogen-bond donors (Lipinski definition) is 0. The van der Waals surface area contributed by atoms with Crippen molar-refractivity contribution in [1.82, 2.24) is 0 Å². The summed E-state index contributed by atoms with van der Waals surface area (Å²) in [6, 6.07) is 13.4. The SMILES string of the molecule is COc1c(C(C)(C)C)cc(C)cc1[Si](C)(C)C1=Cc2ccccc2C1. The van der Waals surface area contributed by atoms with E-state index in [1.807, 2.05) is 7.11 Å². The van der Waals surface area contributed by atoms with Crippen molar-refractivity contribution in [3.63, 3.8) is 0 Å². The van der Waals surface area contributed by atoms with E-state index in [0.717, 1.165) is 12.2 Å². The van der Waals surface area contributed by atoms with Gasteiger partial charge in [0, 0.05) is 0 Å². The van der Waals surface area contributed by atoms with Gasteiger partial charge in [-0.05, 0) is 40.6 Å². The summed E-state index contributed by atoms with van der Waals surface area (Å²) in [5.41, 5.74) is 5.57. The molecule has 0 saturated heterocycles. The first kappa shape index (κ1) is 18.0. The molecular formula is C23H30OSi. The molecule has 1 aliphatic rings. The molecule has 0 spiro atoms. The van der Waals surface area contributed by atoms with Crippen LogP contribution in [0.3, 0.4) is 0 Å². The molecule has 2 aromatic rings. The molecule has 0 N–H and O–H groups in total. The fourth-order valence-corrected chi connectivity index (χ4v) is 6.76. The maximum atomic E-state index is 5.99. The van der Waals surface area contributed by atoms with E-state index < -0.39 is 8.07 Å². The number of rotatable bonds is 3. The highest BCUT2D eigenvalue weighted by Gasteiger charge is 2.36. The molecule has 1 nitrogen and oxygen atoms in total. The van der Waals surface area contributed by atoms with Gasteiger partial charge in [0.15, 0.2) is 0 Å². The van der Waals surface area contributed by atoms with Crippen LogP contribution in [0, 0.1) is 6.92 Å². The maximum absolute atomic E-state index is 5.99. The molecule has 0 bridgehead atoms. The van der Waals surface area contributed by atoms with Crippen LogP contribution in [0.25, 0.3) is 6.08 Å². The first-order chi connectivity index (χ1) is 11.6. The Kier molecular flexibility index (Phi) is 4.44. The molecule has 2 heteroatoms. The molecule has 0 radical (unpaired) electrons. The number of ether oxygens (including phenoxy) is 1. The van der Waals surface area contributed by atoms with Crippen molar-refractivity contribution in [2.45, 2.75) is 52.6 Å². The zero-order valence-electron chi connectivity index (χ0n) is 16.7. The number of allylic oxidation sites excluding steroid dienone is 1. The van der Waals surface area contributed by atoms with Crippen LogP contribution in [0.1, 0.15) is 43.0 Å². The van der Waals surface area contributed by atoms with E-state index in [1.165, 1.54) is 27.4 Å². The Morgan fingerprint density at radius 2 is 1.72 bits per heavy atom. The van der Waals surface area contributed by atoms with E-state index in [2.05, 4.69) is 83.3 Å². The molecule has 0 aromatic heterocycles. The molecule has 1 aliphatic carbocycles. The van der Waals surface area contributed by atoms with Crippen molar-refractivity contribution in [1.29, 1.82) is 0 Å². The quantitative estimate of drug-likeness (QED) is 0.674. The van der Waals surface area contributed by atoms with Gasteiger partial charge in [-0.15, -0.1) is 0 Å². The van der Waals surface area contributed by atoms with Crippen LogP contribution in [0.5, 0.6) is 5.75 Å². The van der Waals surface area contributed by atoms with Crippen LogP contribution in [-0.4, -0.2) is 15.2 Å². The van der Waals surface area contributed by atoms with Crippen LogP contribution in [0.2, 0.25) is 13.1 Å². The van der Waals surface area contributed by atoms with E-state index in [1.54, 1.807) is 5.20 Å².